The smallest absolute Gasteiger partial charge is 0.234 e. The van der Waals surface area contributed by atoms with Crippen molar-refractivity contribution in [3.63, 3.8) is 0 Å². The molecule has 1 aliphatic rings. The number of rotatable bonds is 2. The number of hydrogen-bond donors (Lipinski definition) is 0. The number of methoxy groups -OCH3 is 2. The molecule has 1 aliphatic heterocycles. The van der Waals surface area contributed by atoms with Gasteiger partial charge in [0.25, 0.3) is 0 Å². The highest BCUT2D eigenvalue weighted by Crippen LogP contribution is 2.38. The van der Waals surface area contributed by atoms with Crippen LogP contribution in [0.1, 0.15) is 5.56 Å². The normalized spacial score (nSPS) is 17.1. The minimum Gasteiger partial charge on any atom is -0.345 e. The van der Waals surface area contributed by atoms with Gasteiger partial charge in [-0.25, -0.2) is 4.39 Å². The summed E-state index contributed by atoms with van der Waals surface area (Å²) in [6.45, 7) is 0. The van der Waals surface area contributed by atoms with E-state index in [0.29, 0.717) is 5.69 Å². The molecule has 0 aliphatic carbocycles. The number of aliphatic imine (C=N–C) groups is 1. The number of ether oxygens (including phenoxy) is 2. The summed E-state index contributed by atoms with van der Waals surface area (Å²) in [5.74, 6) is -1.27. The Labute approximate surface area is 81.2 Å². The molecule has 0 radical (unpaired) electrons. The topological polar surface area (TPSA) is 30.8 Å². The Kier molecular flexibility index (Phi) is 2.09. The van der Waals surface area contributed by atoms with Gasteiger partial charge < -0.3 is 9.47 Å². The predicted octanol–water partition coefficient (Wildman–Crippen LogP) is 1.99. The minimum atomic E-state index is -0.955. The Morgan fingerprint density at radius 3 is 2.64 bits per heavy atom. The van der Waals surface area contributed by atoms with E-state index in [2.05, 4.69) is 4.99 Å². The molecule has 0 amide bonds. The molecule has 0 saturated heterocycles. The molecule has 0 saturated carbocycles. The third kappa shape index (κ3) is 1.15. The largest absolute Gasteiger partial charge is 0.345 e. The summed E-state index contributed by atoms with van der Waals surface area (Å²) in [5, 5.41) is 0. The Morgan fingerprint density at radius 2 is 2.00 bits per heavy atom. The van der Waals surface area contributed by atoms with Crippen molar-refractivity contribution in [2.45, 2.75) is 5.79 Å². The highest BCUT2D eigenvalue weighted by Gasteiger charge is 2.36. The van der Waals surface area contributed by atoms with Gasteiger partial charge in [-0.2, -0.15) is 0 Å². The minimum absolute atomic E-state index is 0.316. The van der Waals surface area contributed by atoms with Crippen molar-refractivity contribution in [3.05, 3.63) is 29.6 Å². The van der Waals surface area contributed by atoms with E-state index in [1.807, 2.05) is 0 Å². The number of nitrogens with zero attached hydrogens (tertiary/aromatic N) is 1. The fourth-order valence-electron chi connectivity index (χ4n) is 1.54. The van der Waals surface area contributed by atoms with Crippen molar-refractivity contribution in [2.75, 3.05) is 14.2 Å². The summed E-state index contributed by atoms with van der Waals surface area (Å²) in [6.07, 6.45) is 1.52. The van der Waals surface area contributed by atoms with Gasteiger partial charge >= 0.3 is 0 Å². The summed E-state index contributed by atoms with van der Waals surface area (Å²) in [6, 6.07) is 4.33. The summed E-state index contributed by atoms with van der Waals surface area (Å²) < 4.78 is 23.3. The zero-order valence-electron chi connectivity index (χ0n) is 7.95. The molecule has 1 heterocycles. The molecular weight excluding hydrogens is 185 g/mol. The molecule has 0 fully saturated rings. The van der Waals surface area contributed by atoms with Crippen LogP contribution in [0.4, 0.5) is 10.1 Å². The van der Waals surface area contributed by atoms with Crippen molar-refractivity contribution in [2.24, 2.45) is 4.99 Å². The van der Waals surface area contributed by atoms with Gasteiger partial charge in [-0.3, -0.25) is 4.99 Å². The third-order valence-corrected chi connectivity index (χ3v) is 2.32. The molecule has 4 heteroatoms. The van der Waals surface area contributed by atoms with Gasteiger partial charge in [0.2, 0.25) is 5.79 Å². The van der Waals surface area contributed by atoms with Crippen LogP contribution in [0, 0.1) is 5.82 Å². The molecule has 0 N–H and O–H groups in total. The van der Waals surface area contributed by atoms with E-state index < -0.39 is 5.79 Å². The maximum Gasteiger partial charge on any atom is 0.234 e. The van der Waals surface area contributed by atoms with Crippen LogP contribution in [0.3, 0.4) is 0 Å². The molecule has 14 heavy (non-hydrogen) atoms. The fraction of sp³-hybridized carbons (Fsp3) is 0.300. The first-order chi connectivity index (χ1) is 6.72. The molecule has 0 aromatic heterocycles. The van der Waals surface area contributed by atoms with Crippen molar-refractivity contribution in [1.82, 2.24) is 0 Å². The first-order valence-electron chi connectivity index (χ1n) is 4.17. The maximum absolute atomic E-state index is 12.9. The molecule has 0 atom stereocenters. The van der Waals surface area contributed by atoms with Crippen LogP contribution in [0.25, 0.3) is 0 Å². The lowest BCUT2D eigenvalue weighted by Gasteiger charge is -2.23. The van der Waals surface area contributed by atoms with Gasteiger partial charge in [0.15, 0.2) is 0 Å². The lowest BCUT2D eigenvalue weighted by molar-refractivity contribution is -0.154. The zero-order valence-corrected chi connectivity index (χ0v) is 7.95. The maximum atomic E-state index is 12.9. The Bertz CT molecular complexity index is 386. The SMILES string of the molecule is COC1(OC)C=Nc2cc(F)ccc21. The highest BCUT2D eigenvalue weighted by atomic mass is 19.1. The predicted molar refractivity (Wildman–Crippen MR) is 50.2 cm³/mol. The number of fused-ring (bicyclic) bond motifs is 1. The van der Waals surface area contributed by atoms with Crippen LogP contribution in [0.2, 0.25) is 0 Å². The van der Waals surface area contributed by atoms with Crippen molar-refractivity contribution >= 4 is 11.9 Å². The van der Waals surface area contributed by atoms with E-state index in [1.165, 1.54) is 32.6 Å². The standard InChI is InChI=1S/C10H10FNO2/c1-13-10(14-2)6-12-9-5-7(11)3-4-8(9)10/h3-6H,1-2H3. The molecule has 0 spiro atoms. The van der Waals surface area contributed by atoms with Crippen molar-refractivity contribution in [3.8, 4) is 0 Å². The summed E-state index contributed by atoms with van der Waals surface area (Å²) in [7, 11) is 3.04. The Morgan fingerprint density at radius 1 is 1.29 bits per heavy atom. The van der Waals surface area contributed by atoms with Gasteiger partial charge in [0, 0.05) is 19.8 Å². The van der Waals surface area contributed by atoms with E-state index in [4.69, 9.17) is 9.47 Å². The summed E-state index contributed by atoms with van der Waals surface area (Å²) in [5.41, 5.74) is 1.28. The summed E-state index contributed by atoms with van der Waals surface area (Å²) in [4.78, 5) is 4.04. The first-order valence-corrected chi connectivity index (χ1v) is 4.17. The molecule has 74 valence electrons. The highest BCUT2D eigenvalue weighted by molar-refractivity contribution is 5.81. The van der Waals surface area contributed by atoms with Crippen LogP contribution < -0.4 is 0 Å². The number of halogens is 1. The average Bonchev–Trinajstić information content (AvgIpc) is 2.56. The lowest BCUT2D eigenvalue weighted by atomic mass is 10.1. The van der Waals surface area contributed by atoms with Crippen molar-refractivity contribution < 1.29 is 13.9 Å². The van der Waals surface area contributed by atoms with Gasteiger partial charge in [-0.15, -0.1) is 0 Å². The molecule has 1 aromatic carbocycles. The average molecular weight is 195 g/mol. The second kappa shape index (κ2) is 3.15. The lowest BCUT2D eigenvalue weighted by Crippen LogP contribution is -2.29. The van der Waals surface area contributed by atoms with E-state index in [0.717, 1.165) is 5.56 Å². The van der Waals surface area contributed by atoms with Gasteiger partial charge in [0.1, 0.15) is 5.82 Å². The first kappa shape index (κ1) is 9.30. The number of benzene rings is 1. The van der Waals surface area contributed by atoms with Crippen LogP contribution in [0.15, 0.2) is 23.2 Å². The number of hydrogen-bond acceptors (Lipinski definition) is 3. The van der Waals surface area contributed by atoms with Gasteiger partial charge in [-0.05, 0) is 18.2 Å². The summed E-state index contributed by atoms with van der Waals surface area (Å²) >= 11 is 0. The molecule has 2 rings (SSSR count). The van der Waals surface area contributed by atoms with Gasteiger partial charge in [0.05, 0.1) is 11.9 Å². The molecule has 0 unspecified atom stereocenters. The molecule has 1 aromatic rings. The molecular formula is C10H10FNO2. The van der Waals surface area contributed by atoms with Crippen molar-refractivity contribution in [1.29, 1.82) is 0 Å². The third-order valence-electron chi connectivity index (χ3n) is 2.32. The zero-order chi connectivity index (χ0) is 10.2. The molecule has 0 bridgehead atoms. The second-order valence-electron chi connectivity index (χ2n) is 3.00. The fourth-order valence-corrected chi connectivity index (χ4v) is 1.54. The van der Waals surface area contributed by atoms with E-state index in [1.54, 1.807) is 6.07 Å². The van der Waals surface area contributed by atoms with Crippen LogP contribution >= 0.6 is 0 Å². The van der Waals surface area contributed by atoms with E-state index >= 15 is 0 Å². The quantitative estimate of drug-likeness (QED) is 0.675. The van der Waals surface area contributed by atoms with Crippen LogP contribution in [0.5, 0.6) is 0 Å². The Hall–Kier alpha value is -1.26. The monoisotopic (exact) mass is 195 g/mol. The van der Waals surface area contributed by atoms with Gasteiger partial charge in [-0.1, -0.05) is 0 Å². The van der Waals surface area contributed by atoms with Crippen LogP contribution in [-0.2, 0) is 15.3 Å². The molecule has 3 nitrogen and oxygen atoms in total. The van der Waals surface area contributed by atoms with E-state index in [-0.39, 0.29) is 5.82 Å². The van der Waals surface area contributed by atoms with E-state index in [9.17, 15) is 4.39 Å². The Balaban J connectivity index is 2.54. The van der Waals surface area contributed by atoms with Crippen LogP contribution in [-0.4, -0.2) is 20.4 Å². The second-order valence-corrected chi connectivity index (χ2v) is 3.00.